The summed E-state index contributed by atoms with van der Waals surface area (Å²) in [5.74, 6) is -1.31. The summed E-state index contributed by atoms with van der Waals surface area (Å²) in [5, 5.41) is 17.6. The van der Waals surface area contributed by atoms with Crippen LogP contribution in [0.4, 0.5) is 0 Å². The molecule has 130 valence electrons. The topological polar surface area (TPSA) is 93.3 Å². The van der Waals surface area contributed by atoms with Crippen LogP contribution in [0.3, 0.4) is 0 Å². The van der Waals surface area contributed by atoms with Crippen molar-refractivity contribution in [1.82, 2.24) is 24.5 Å². The Labute approximate surface area is 140 Å². The maximum absolute atomic E-state index is 12.7. The van der Waals surface area contributed by atoms with E-state index in [2.05, 4.69) is 10.2 Å². The fourth-order valence-electron chi connectivity index (χ4n) is 2.67. The van der Waals surface area contributed by atoms with Crippen LogP contribution in [0.25, 0.3) is 0 Å². The highest BCUT2D eigenvalue weighted by atomic mass is 16.4. The van der Waals surface area contributed by atoms with E-state index in [0.717, 1.165) is 23.5 Å². The highest BCUT2D eigenvalue weighted by molar-refractivity contribution is 5.93. The molecule has 0 fully saturated rings. The van der Waals surface area contributed by atoms with E-state index in [1.807, 2.05) is 25.5 Å². The van der Waals surface area contributed by atoms with Gasteiger partial charge in [-0.15, -0.1) is 0 Å². The number of carbonyl (C=O) groups excluding carboxylic acids is 1. The molecule has 0 spiro atoms. The van der Waals surface area contributed by atoms with Gasteiger partial charge in [0, 0.05) is 37.6 Å². The van der Waals surface area contributed by atoms with Crippen LogP contribution in [0, 0.1) is 13.8 Å². The summed E-state index contributed by atoms with van der Waals surface area (Å²) in [6, 6.07) is 0.631. The summed E-state index contributed by atoms with van der Waals surface area (Å²) >= 11 is 0. The summed E-state index contributed by atoms with van der Waals surface area (Å²) in [7, 11) is 1.69. The molecule has 0 aliphatic carbocycles. The zero-order chi connectivity index (χ0) is 18.0. The van der Waals surface area contributed by atoms with Crippen LogP contribution in [0.5, 0.6) is 0 Å². The standard InChI is InChI=1S/C16H23N5O3/c1-6-20-11(3)13(10(2)18-20)9-19(5)15(22)14-7-8-17-21(14)12(4)16(23)24/h7-8,12H,6,9H2,1-5H3,(H,23,24). The van der Waals surface area contributed by atoms with Gasteiger partial charge >= 0.3 is 5.97 Å². The molecular weight excluding hydrogens is 310 g/mol. The monoisotopic (exact) mass is 333 g/mol. The molecule has 0 saturated heterocycles. The smallest absolute Gasteiger partial charge is 0.328 e. The van der Waals surface area contributed by atoms with E-state index in [4.69, 9.17) is 5.11 Å². The minimum absolute atomic E-state index is 0.255. The van der Waals surface area contributed by atoms with E-state index in [0.29, 0.717) is 6.54 Å². The molecule has 0 aliphatic rings. The number of nitrogens with zero attached hydrogens (tertiary/aromatic N) is 5. The van der Waals surface area contributed by atoms with Gasteiger partial charge in [-0.3, -0.25) is 9.48 Å². The van der Waals surface area contributed by atoms with E-state index in [1.54, 1.807) is 11.9 Å². The Hall–Kier alpha value is -2.64. The minimum Gasteiger partial charge on any atom is -0.480 e. The number of amides is 1. The zero-order valence-corrected chi connectivity index (χ0v) is 14.6. The molecule has 0 saturated carbocycles. The molecule has 0 bridgehead atoms. The molecule has 2 aromatic heterocycles. The average molecular weight is 333 g/mol. The lowest BCUT2D eigenvalue weighted by Crippen LogP contribution is -2.31. The van der Waals surface area contributed by atoms with Crippen molar-refractivity contribution >= 4 is 11.9 Å². The molecule has 2 rings (SSSR count). The van der Waals surface area contributed by atoms with E-state index < -0.39 is 12.0 Å². The van der Waals surface area contributed by atoms with Crippen molar-refractivity contribution in [3.05, 3.63) is 34.9 Å². The molecule has 0 radical (unpaired) electrons. The number of aromatic nitrogens is 4. The maximum Gasteiger partial charge on any atom is 0.328 e. The number of rotatable bonds is 6. The predicted octanol–water partition coefficient (Wildman–Crippen LogP) is 1.63. The first-order valence-corrected chi connectivity index (χ1v) is 7.82. The molecule has 0 aromatic carbocycles. The molecule has 0 aliphatic heterocycles. The molecule has 1 unspecified atom stereocenters. The first-order valence-electron chi connectivity index (χ1n) is 7.82. The lowest BCUT2D eigenvalue weighted by atomic mass is 10.2. The SMILES string of the molecule is CCn1nc(C)c(CN(C)C(=O)c2ccnn2C(C)C(=O)O)c1C. The zero-order valence-electron chi connectivity index (χ0n) is 14.6. The molecule has 1 amide bonds. The Kier molecular flexibility index (Phi) is 5.06. The number of carbonyl (C=O) groups is 2. The van der Waals surface area contributed by atoms with Crippen molar-refractivity contribution in [1.29, 1.82) is 0 Å². The van der Waals surface area contributed by atoms with Crippen molar-refractivity contribution in [3.8, 4) is 0 Å². The Morgan fingerprint density at radius 1 is 1.38 bits per heavy atom. The Morgan fingerprint density at radius 3 is 2.58 bits per heavy atom. The van der Waals surface area contributed by atoms with Crippen LogP contribution in [0.15, 0.2) is 12.3 Å². The van der Waals surface area contributed by atoms with Gasteiger partial charge in [0.05, 0.1) is 5.69 Å². The van der Waals surface area contributed by atoms with Gasteiger partial charge in [0.2, 0.25) is 0 Å². The second kappa shape index (κ2) is 6.86. The minimum atomic E-state index is -1.04. The van der Waals surface area contributed by atoms with Crippen LogP contribution in [-0.2, 0) is 17.9 Å². The highest BCUT2D eigenvalue weighted by Gasteiger charge is 2.24. The van der Waals surface area contributed by atoms with Crippen LogP contribution in [-0.4, -0.2) is 48.5 Å². The summed E-state index contributed by atoms with van der Waals surface area (Å²) in [5.41, 5.74) is 3.18. The van der Waals surface area contributed by atoms with Crippen molar-refractivity contribution in [2.24, 2.45) is 0 Å². The lowest BCUT2D eigenvalue weighted by molar-refractivity contribution is -0.140. The number of hydrogen-bond donors (Lipinski definition) is 1. The summed E-state index contributed by atoms with van der Waals surface area (Å²) in [6.45, 7) is 8.59. The second-order valence-corrected chi connectivity index (χ2v) is 5.80. The average Bonchev–Trinajstić information content (AvgIpc) is 3.13. The van der Waals surface area contributed by atoms with E-state index in [-0.39, 0.29) is 11.6 Å². The van der Waals surface area contributed by atoms with E-state index in [1.165, 1.54) is 23.9 Å². The third-order valence-electron chi connectivity index (χ3n) is 4.19. The Bertz CT molecular complexity index is 762. The lowest BCUT2D eigenvalue weighted by Gasteiger charge is -2.19. The molecule has 1 N–H and O–H groups in total. The Balaban J connectivity index is 2.24. The fraction of sp³-hybridized carbons (Fsp3) is 0.500. The first-order chi connectivity index (χ1) is 11.3. The highest BCUT2D eigenvalue weighted by Crippen LogP contribution is 2.17. The normalized spacial score (nSPS) is 12.2. The number of hydrogen-bond acceptors (Lipinski definition) is 4. The predicted molar refractivity (Wildman–Crippen MR) is 87.7 cm³/mol. The summed E-state index contributed by atoms with van der Waals surface area (Å²) in [6.07, 6.45) is 1.44. The van der Waals surface area contributed by atoms with Crippen molar-refractivity contribution in [2.75, 3.05) is 7.05 Å². The van der Waals surface area contributed by atoms with E-state index in [9.17, 15) is 9.59 Å². The molecule has 2 aromatic rings. The number of aliphatic carboxylic acids is 1. The van der Waals surface area contributed by atoms with Gasteiger partial charge < -0.3 is 10.0 Å². The van der Waals surface area contributed by atoms with Gasteiger partial charge in [0.15, 0.2) is 0 Å². The molecule has 24 heavy (non-hydrogen) atoms. The van der Waals surface area contributed by atoms with Gasteiger partial charge in [0.25, 0.3) is 5.91 Å². The summed E-state index contributed by atoms with van der Waals surface area (Å²) in [4.78, 5) is 25.4. The van der Waals surface area contributed by atoms with Gasteiger partial charge in [-0.05, 0) is 33.8 Å². The van der Waals surface area contributed by atoms with Gasteiger partial charge in [-0.2, -0.15) is 10.2 Å². The van der Waals surface area contributed by atoms with Crippen molar-refractivity contribution in [2.45, 2.75) is 46.8 Å². The van der Waals surface area contributed by atoms with Crippen LogP contribution >= 0.6 is 0 Å². The summed E-state index contributed by atoms with van der Waals surface area (Å²) < 4.78 is 3.14. The molecule has 8 heteroatoms. The largest absolute Gasteiger partial charge is 0.480 e. The maximum atomic E-state index is 12.7. The van der Waals surface area contributed by atoms with Gasteiger partial charge in [-0.25, -0.2) is 9.48 Å². The number of aryl methyl sites for hydroxylation is 2. The molecule has 2 heterocycles. The van der Waals surface area contributed by atoms with Crippen LogP contribution in [0.1, 0.15) is 47.3 Å². The van der Waals surface area contributed by atoms with E-state index >= 15 is 0 Å². The fourth-order valence-corrected chi connectivity index (χ4v) is 2.67. The number of carboxylic acids is 1. The van der Waals surface area contributed by atoms with Gasteiger partial charge in [0.1, 0.15) is 11.7 Å². The third-order valence-corrected chi connectivity index (χ3v) is 4.19. The molecule has 8 nitrogen and oxygen atoms in total. The second-order valence-electron chi connectivity index (χ2n) is 5.80. The van der Waals surface area contributed by atoms with Crippen molar-refractivity contribution < 1.29 is 14.7 Å². The van der Waals surface area contributed by atoms with Gasteiger partial charge in [-0.1, -0.05) is 0 Å². The third kappa shape index (κ3) is 3.17. The Morgan fingerprint density at radius 2 is 2.04 bits per heavy atom. The quantitative estimate of drug-likeness (QED) is 0.867. The van der Waals surface area contributed by atoms with Crippen LogP contribution < -0.4 is 0 Å². The molecular formula is C16H23N5O3. The van der Waals surface area contributed by atoms with Crippen LogP contribution in [0.2, 0.25) is 0 Å². The first kappa shape index (κ1) is 17.7. The van der Waals surface area contributed by atoms with Crippen molar-refractivity contribution in [3.63, 3.8) is 0 Å². The molecule has 1 atom stereocenters. The number of carboxylic acid groups (broad SMARTS) is 1.